The fourth-order valence-corrected chi connectivity index (χ4v) is 2.06. The Hall–Kier alpha value is -1.70. The number of nitrogens with zero attached hydrogens (tertiary/aromatic N) is 3. The van der Waals surface area contributed by atoms with Crippen LogP contribution in [0.5, 0.6) is 0 Å². The van der Waals surface area contributed by atoms with E-state index < -0.39 is 12.6 Å². The quantitative estimate of drug-likeness (QED) is 0.676. The summed E-state index contributed by atoms with van der Waals surface area (Å²) in [6.07, 6.45) is -1.15. The second-order valence-electron chi connectivity index (χ2n) is 4.32. The van der Waals surface area contributed by atoms with Crippen LogP contribution in [0.25, 0.3) is 11.4 Å². The first kappa shape index (κ1) is 14.7. The molecule has 20 heavy (non-hydrogen) atoms. The predicted molar refractivity (Wildman–Crippen MR) is 70.5 cm³/mol. The van der Waals surface area contributed by atoms with Crippen LogP contribution >= 0.6 is 12.2 Å². The molecule has 0 fully saturated rings. The van der Waals surface area contributed by atoms with Gasteiger partial charge in [0.05, 0.1) is 0 Å². The minimum absolute atomic E-state index is 0.0724. The molecule has 0 aliphatic rings. The third-order valence-electron chi connectivity index (χ3n) is 2.77. The fraction of sp³-hybridized carbons (Fsp3) is 0.417. The van der Waals surface area contributed by atoms with Crippen LogP contribution in [0.4, 0.5) is 13.2 Å². The number of nitrogens with one attached hydrogen (secondary N) is 1. The van der Waals surface area contributed by atoms with E-state index in [1.54, 1.807) is 23.0 Å². The smallest absolute Gasteiger partial charge is 0.300 e. The van der Waals surface area contributed by atoms with Gasteiger partial charge >= 0.3 is 6.18 Å². The largest absolute Gasteiger partial charge is 0.389 e. The van der Waals surface area contributed by atoms with Gasteiger partial charge in [0.2, 0.25) is 0 Å². The molecule has 0 aliphatic carbocycles. The molecular weight excluding hydrogens is 289 g/mol. The van der Waals surface area contributed by atoms with Crippen molar-refractivity contribution >= 4 is 12.2 Å². The molecule has 1 N–H and O–H groups in total. The molecule has 0 unspecified atom stereocenters. The van der Waals surface area contributed by atoms with E-state index >= 15 is 0 Å². The Morgan fingerprint density at radius 3 is 2.75 bits per heavy atom. The zero-order valence-electron chi connectivity index (χ0n) is 10.5. The van der Waals surface area contributed by atoms with Gasteiger partial charge in [0, 0.05) is 30.9 Å². The maximum absolute atomic E-state index is 12.1. The van der Waals surface area contributed by atoms with Crippen molar-refractivity contribution in [2.75, 3.05) is 0 Å². The summed E-state index contributed by atoms with van der Waals surface area (Å²) in [6.45, 7) is 0.398. The van der Waals surface area contributed by atoms with Crippen molar-refractivity contribution in [2.24, 2.45) is 0 Å². The van der Waals surface area contributed by atoms with Gasteiger partial charge in [0.25, 0.3) is 0 Å². The Balaban J connectivity index is 2.05. The van der Waals surface area contributed by atoms with Gasteiger partial charge in [-0.3, -0.25) is 10.1 Å². The van der Waals surface area contributed by atoms with Gasteiger partial charge in [-0.2, -0.15) is 18.3 Å². The van der Waals surface area contributed by atoms with Crippen molar-refractivity contribution in [3.8, 4) is 11.4 Å². The first-order valence-corrected chi connectivity index (χ1v) is 6.50. The Kier molecular flexibility index (Phi) is 4.53. The summed E-state index contributed by atoms with van der Waals surface area (Å²) in [7, 11) is 0. The number of rotatable bonds is 5. The number of alkyl halides is 3. The molecule has 0 aliphatic heterocycles. The van der Waals surface area contributed by atoms with Crippen molar-refractivity contribution in [1.29, 1.82) is 0 Å². The van der Waals surface area contributed by atoms with Crippen LogP contribution in [0.3, 0.4) is 0 Å². The molecule has 0 atom stereocenters. The van der Waals surface area contributed by atoms with Gasteiger partial charge < -0.3 is 4.57 Å². The van der Waals surface area contributed by atoms with Crippen LogP contribution in [0.15, 0.2) is 24.5 Å². The molecule has 0 saturated heterocycles. The van der Waals surface area contributed by atoms with Crippen LogP contribution < -0.4 is 0 Å². The normalized spacial score (nSPS) is 11.8. The summed E-state index contributed by atoms with van der Waals surface area (Å²) in [5.74, 6) is 0.593. The standard InChI is InChI=1S/C12H13F3N4S/c13-12(14,15)5-1-2-7-19-10(17-18-11(19)20)9-4-3-6-16-8-9/h3-4,6,8H,1-2,5,7H2,(H,18,20). The number of hydrogen-bond donors (Lipinski definition) is 1. The van der Waals surface area contributed by atoms with Gasteiger partial charge in [-0.25, -0.2) is 0 Å². The molecule has 4 nitrogen and oxygen atoms in total. The lowest BCUT2D eigenvalue weighted by Gasteiger charge is -2.08. The van der Waals surface area contributed by atoms with E-state index in [1.165, 1.54) is 0 Å². The first-order valence-electron chi connectivity index (χ1n) is 6.10. The molecule has 8 heteroatoms. The number of hydrogen-bond acceptors (Lipinski definition) is 3. The van der Waals surface area contributed by atoms with Crippen LogP contribution in [-0.4, -0.2) is 25.9 Å². The topological polar surface area (TPSA) is 46.5 Å². The number of aromatic nitrogens is 4. The van der Waals surface area contributed by atoms with Gasteiger partial charge in [0.1, 0.15) is 0 Å². The lowest BCUT2D eigenvalue weighted by Crippen LogP contribution is -2.08. The summed E-state index contributed by atoms with van der Waals surface area (Å²) in [5.41, 5.74) is 0.774. The lowest BCUT2D eigenvalue weighted by atomic mass is 10.2. The average molecular weight is 302 g/mol. The fourth-order valence-electron chi connectivity index (χ4n) is 1.84. The third-order valence-corrected chi connectivity index (χ3v) is 3.08. The Bertz CT molecular complexity index is 603. The van der Waals surface area contributed by atoms with E-state index in [0.29, 0.717) is 23.6 Å². The van der Waals surface area contributed by atoms with Crippen LogP contribution in [0.2, 0.25) is 0 Å². The maximum Gasteiger partial charge on any atom is 0.389 e. The molecule has 2 heterocycles. The second-order valence-corrected chi connectivity index (χ2v) is 4.70. The lowest BCUT2D eigenvalue weighted by molar-refractivity contribution is -0.135. The third kappa shape index (κ3) is 3.89. The molecule has 2 aromatic heterocycles. The van der Waals surface area contributed by atoms with Crippen molar-refractivity contribution in [1.82, 2.24) is 19.7 Å². The molecular formula is C12H13F3N4S. The molecule has 2 aromatic rings. The van der Waals surface area contributed by atoms with Crippen LogP contribution in [0, 0.1) is 4.77 Å². The first-order chi connectivity index (χ1) is 9.47. The van der Waals surface area contributed by atoms with Crippen LogP contribution in [-0.2, 0) is 6.54 Å². The SMILES string of the molecule is FC(F)(F)CCCCn1c(-c2cccnc2)n[nH]c1=S. The van der Waals surface area contributed by atoms with E-state index in [0.717, 1.165) is 5.56 Å². The summed E-state index contributed by atoms with van der Waals surface area (Å²) in [5, 5.41) is 6.76. The Morgan fingerprint density at radius 1 is 1.30 bits per heavy atom. The highest BCUT2D eigenvalue weighted by Crippen LogP contribution is 2.23. The summed E-state index contributed by atoms with van der Waals surface area (Å²) in [6, 6.07) is 3.59. The summed E-state index contributed by atoms with van der Waals surface area (Å²) in [4.78, 5) is 3.99. The van der Waals surface area contributed by atoms with Gasteiger partial charge in [0.15, 0.2) is 10.6 Å². The highest BCUT2D eigenvalue weighted by Gasteiger charge is 2.25. The summed E-state index contributed by atoms with van der Waals surface area (Å²) >= 11 is 5.10. The Labute approximate surface area is 118 Å². The van der Waals surface area contributed by atoms with Gasteiger partial charge in [-0.15, -0.1) is 0 Å². The van der Waals surface area contributed by atoms with E-state index in [4.69, 9.17) is 12.2 Å². The zero-order chi connectivity index (χ0) is 14.6. The molecule has 0 saturated carbocycles. The number of H-pyrrole nitrogens is 1. The second kappa shape index (κ2) is 6.17. The Morgan fingerprint density at radius 2 is 2.10 bits per heavy atom. The number of pyridine rings is 1. The van der Waals surface area contributed by atoms with Gasteiger partial charge in [-0.05, 0) is 37.2 Å². The van der Waals surface area contributed by atoms with Crippen molar-refractivity contribution < 1.29 is 13.2 Å². The monoisotopic (exact) mass is 302 g/mol. The highest BCUT2D eigenvalue weighted by atomic mass is 32.1. The minimum atomic E-state index is -4.11. The molecule has 0 amide bonds. The predicted octanol–water partition coefficient (Wildman–Crippen LogP) is 3.74. The maximum atomic E-state index is 12.1. The molecule has 0 aromatic carbocycles. The number of aromatic amines is 1. The number of unbranched alkanes of at least 4 members (excludes halogenated alkanes) is 1. The van der Waals surface area contributed by atoms with E-state index in [1.807, 2.05) is 6.07 Å². The van der Waals surface area contributed by atoms with E-state index in [9.17, 15) is 13.2 Å². The van der Waals surface area contributed by atoms with Crippen LogP contribution in [0.1, 0.15) is 19.3 Å². The molecule has 0 spiro atoms. The van der Waals surface area contributed by atoms with Gasteiger partial charge in [-0.1, -0.05) is 0 Å². The molecule has 2 rings (SSSR count). The molecule has 0 bridgehead atoms. The summed E-state index contributed by atoms with van der Waals surface area (Å²) < 4.78 is 38.4. The van der Waals surface area contributed by atoms with E-state index in [2.05, 4.69) is 15.2 Å². The average Bonchev–Trinajstić information content (AvgIpc) is 2.76. The highest BCUT2D eigenvalue weighted by molar-refractivity contribution is 7.71. The van der Waals surface area contributed by atoms with Crippen molar-refractivity contribution in [3.05, 3.63) is 29.3 Å². The van der Waals surface area contributed by atoms with Crippen molar-refractivity contribution in [2.45, 2.75) is 32.0 Å². The zero-order valence-corrected chi connectivity index (χ0v) is 11.3. The minimum Gasteiger partial charge on any atom is -0.300 e. The van der Waals surface area contributed by atoms with Crippen molar-refractivity contribution in [3.63, 3.8) is 0 Å². The number of halogens is 3. The molecule has 0 radical (unpaired) electrons. The molecule has 108 valence electrons. The van der Waals surface area contributed by atoms with E-state index in [-0.39, 0.29) is 6.42 Å².